The Labute approximate surface area is 85.6 Å². The van der Waals surface area contributed by atoms with Crippen molar-refractivity contribution in [3.05, 3.63) is 48.3 Å². The molecule has 2 nitrogen and oxygen atoms in total. The second kappa shape index (κ2) is 4.13. The van der Waals surface area contributed by atoms with Crippen LogP contribution >= 0.6 is 0 Å². The SMILES string of the molecule is FC(F)c1cnc(-c2ccccc2)nc1. The molecule has 1 aromatic carbocycles. The summed E-state index contributed by atoms with van der Waals surface area (Å²) in [6.45, 7) is 0. The van der Waals surface area contributed by atoms with E-state index >= 15 is 0 Å². The van der Waals surface area contributed by atoms with E-state index in [2.05, 4.69) is 9.97 Å². The van der Waals surface area contributed by atoms with Crippen LogP contribution in [-0.4, -0.2) is 9.97 Å². The van der Waals surface area contributed by atoms with Crippen LogP contribution in [0.5, 0.6) is 0 Å². The predicted octanol–water partition coefficient (Wildman–Crippen LogP) is 3.08. The van der Waals surface area contributed by atoms with Gasteiger partial charge >= 0.3 is 0 Å². The van der Waals surface area contributed by atoms with E-state index in [9.17, 15) is 8.78 Å². The number of hydrogen-bond acceptors (Lipinski definition) is 2. The molecule has 2 rings (SSSR count). The van der Waals surface area contributed by atoms with E-state index in [1.807, 2.05) is 30.3 Å². The lowest BCUT2D eigenvalue weighted by Crippen LogP contribution is -1.92. The molecule has 1 heterocycles. The highest BCUT2D eigenvalue weighted by Gasteiger charge is 2.08. The van der Waals surface area contributed by atoms with Crippen LogP contribution in [-0.2, 0) is 0 Å². The van der Waals surface area contributed by atoms with Gasteiger partial charge in [0.25, 0.3) is 6.43 Å². The van der Waals surface area contributed by atoms with Crippen molar-refractivity contribution >= 4 is 0 Å². The topological polar surface area (TPSA) is 25.8 Å². The lowest BCUT2D eigenvalue weighted by atomic mass is 10.2. The Morgan fingerprint density at radius 2 is 1.53 bits per heavy atom. The minimum atomic E-state index is -2.52. The van der Waals surface area contributed by atoms with Crippen molar-refractivity contribution in [3.8, 4) is 11.4 Å². The summed E-state index contributed by atoms with van der Waals surface area (Å²) in [5, 5.41) is 0. The molecule has 0 aliphatic heterocycles. The molecule has 76 valence electrons. The van der Waals surface area contributed by atoms with Gasteiger partial charge in [-0.2, -0.15) is 0 Å². The van der Waals surface area contributed by atoms with E-state index < -0.39 is 6.43 Å². The molecule has 2 aromatic rings. The van der Waals surface area contributed by atoms with Gasteiger partial charge in [0.15, 0.2) is 5.82 Å². The maximum atomic E-state index is 12.2. The molecule has 0 bridgehead atoms. The molecule has 0 saturated heterocycles. The fraction of sp³-hybridized carbons (Fsp3) is 0.0909. The number of benzene rings is 1. The molecule has 0 aliphatic rings. The lowest BCUT2D eigenvalue weighted by molar-refractivity contribution is 0.150. The Morgan fingerprint density at radius 1 is 0.933 bits per heavy atom. The van der Waals surface area contributed by atoms with Crippen LogP contribution in [0.4, 0.5) is 8.78 Å². The zero-order chi connectivity index (χ0) is 10.7. The monoisotopic (exact) mass is 206 g/mol. The van der Waals surface area contributed by atoms with E-state index in [-0.39, 0.29) is 5.56 Å². The smallest absolute Gasteiger partial charge is 0.236 e. The second-order valence-corrected chi connectivity index (χ2v) is 3.01. The largest absolute Gasteiger partial charge is 0.266 e. The van der Waals surface area contributed by atoms with E-state index in [0.29, 0.717) is 5.82 Å². The summed E-state index contributed by atoms with van der Waals surface area (Å²) in [6.07, 6.45) is -0.213. The van der Waals surface area contributed by atoms with Gasteiger partial charge in [0.2, 0.25) is 0 Å². The fourth-order valence-corrected chi connectivity index (χ4v) is 1.19. The molecular weight excluding hydrogens is 198 g/mol. The molecule has 0 aliphatic carbocycles. The molecule has 0 spiro atoms. The van der Waals surface area contributed by atoms with Crippen molar-refractivity contribution in [2.75, 3.05) is 0 Å². The third kappa shape index (κ3) is 2.15. The summed E-state index contributed by atoms with van der Waals surface area (Å²) < 4.78 is 24.4. The van der Waals surface area contributed by atoms with Crippen molar-refractivity contribution in [2.24, 2.45) is 0 Å². The number of halogens is 2. The molecule has 0 unspecified atom stereocenters. The third-order valence-electron chi connectivity index (χ3n) is 1.96. The molecule has 1 aromatic heterocycles. The lowest BCUT2D eigenvalue weighted by Gasteiger charge is -2.01. The first-order valence-electron chi connectivity index (χ1n) is 4.43. The highest BCUT2D eigenvalue weighted by Crippen LogP contribution is 2.19. The maximum absolute atomic E-state index is 12.2. The van der Waals surface area contributed by atoms with Crippen LogP contribution in [0, 0.1) is 0 Å². The molecule has 15 heavy (non-hydrogen) atoms. The van der Waals surface area contributed by atoms with Gasteiger partial charge in [0.1, 0.15) is 0 Å². The van der Waals surface area contributed by atoms with Crippen molar-refractivity contribution < 1.29 is 8.78 Å². The summed E-state index contributed by atoms with van der Waals surface area (Å²) in [7, 11) is 0. The summed E-state index contributed by atoms with van der Waals surface area (Å²) in [5.41, 5.74) is 0.660. The Hall–Kier alpha value is -1.84. The number of nitrogens with zero attached hydrogens (tertiary/aromatic N) is 2. The van der Waals surface area contributed by atoms with Crippen LogP contribution in [0.15, 0.2) is 42.7 Å². The third-order valence-corrected chi connectivity index (χ3v) is 1.96. The average Bonchev–Trinajstić information content (AvgIpc) is 2.30. The normalized spacial score (nSPS) is 10.6. The predicted molar refractivity (Wildman–Crippen MR) is 52.4 cm³/mol. The quantitative estimate of drug-likeness (QED) is 0.754. The van der Waals surface area contributed by atoms with Gasteiger partial charge in [-0.25, -0.2) is 18.7 Å². The molecule has 0 radical (unpaired) electrons. The van der Waals surface area contributed by atoms with Gasteiger partial charge < -0.3 is 0 Å². The van der Waals surface area contributed by atoms with Crippen LogP contribution in [0.3, 0.4) is 0 Å². The standard InChI is InChI=1S/C11H8F2N2/c12-10(13)9-6-14-11(15-7-9)8-4-2-1-3-5-8/h1-7,10H. The Kier molecular flexibility index (Phi) is 2.67. The number of rotatable bonds is 2. The van der Waals surface area contributed by atoms with Crippen LogP contribution < -0.4 is 0 Å². The zero-order valence-corrected chi connectivity index (χ0v) is 7.77. The van der Waals surface area contributed by atoms with Crippen molar-refractivity contribution in [3.63, 3.8) is 0 Å². The summed E-state index contributed by atoms with van der Waals surface area (Å²) in [5.74, 6) is 0.458. The first kappa shape index (κ1) is 9.71. The summed E-state index contributed by atoms with van der Waals surface area (Å²) in [6, 6.07) is 9.23. The highest BCUT2D eigenvalue weighted by molar-refractivity contribution is 5.53. The molecule has 0 saturated carbocycles. The van der Waals surface area contributed by atoms with E-state index in [4.69, 9.17) is 0 Å². The Morgan fingerprint density at radius 3 is 2.07 bits per heavy atom. The Balaban J connectivity index is 2.32. The first-order chi connectivity index (χ1) is 7.27. The van der Waals surface area contributed by atoms with E-state index in [1.54, 1.807) is 0 Å². The molecule has 0 amide bonds. The molecule has 0 atom stereocenters. The maximum Gasteiger partial charge on any atom is 0.266 e. The van der Waals surface area contributed by atoms with Gasteiger partial charge in [-0.05, 0) is 0 Å². The molecule has 0 N–H and O–H groups in total. The van der Waals surface area contributed by atoms with Gasteiger partial charge in [-0.1, -0.05) is 30.3 Å². The number of hydrogen-bond donors (Lipinski definition) is 0. The zero-order valence-electron chi connectivity index (χ0n) is 7.77. The van der Waals surface area contributed by atoms with Gasteiger partial charge in [-0.3, -0.25) is 0 Å². The van der Waals surface area contributed by atoms with Gasteiger partial charge in [0.05, 0.1) is 5.56 Å². The average molecular weight is 206 g/mol. The van der Waals surface area contributed by atoms with Crippen LogP contribution in [0.25, 0.3) is 11.4 Å². The molecule has 0 fully saturated rings. The summed E-state index contributed by atoms with van der Waals surface area (Å²) >= 11 is 0. The minimum absolute atomic E-state index is 0.158. The van der Waals surface area contributed by atoms with Crippen molar-refractivity contribution in [2.45, 2.75) is 6.43 Å². The van der Waals surface area contributed by atoms with Gasteiger partial charge in [0, 0.05) is 18.0 Å². The van der Waals surface area contributed by atoms with Crippen LogP contribution in [0.1, 0.15) is 12.0 Å². The Bertz CT molecular complexity index is 426. The molecule has 4 heteroatoms. The number of alkyl halides is 2. The van der Waals surface area contributed by atoms with Crippen molar-refractivity contribution in [1.82, 2.24) is 9.97 Å². The second-order valence-electron chi connectivity index (χ2n) is 3.01. The number of aromatic nitrogens is 2. The summed E-state index contributed by atoms with van der Waals surface area (Å²) in [4.78, 5) is 7.76. The van der Waals surface area contributed by atoms with Gasteiger partial charge in [-0.15, -0.1) is 0 Å². The van der Waals surface area contributed by atoms with E-state index in [1.165, 1.54) is 0 Å². The highest BCUT2D eigenvalue weighted by atomic mass is 19.3. The molecular formula is C11H8F2N2. The first-order valence-corrected chi connectivity index (χ1v) is 4.43. The minimum Gasteiger partial charge on any atom is -0.236 e. The van der Waals surface area contributed by atoms with Crippen molar-refractivity contribution in [1.29, 1.82) is 0 Å². The fourth-order valence-electron chi connectivity index (χ4n) is 1.19. The van der Waals surface area contributed by atoms with Crippen LogP contribution in [0.2, 0.25) is 0 Å². The van der Waals surface area contributed by atoms with E-state index in [0.717, 1.165) is 18.0 Å².